The van der Waals surface area contributed by atoms with E-state index in [4.69, 9.17) is 5.73 Å². The van der Waals surface area contributed by atoms with E-state index in [-0.39, 0.29) is 23.9 Å². The highest BCUT2D eigenvalue weighted by molar-refractivity contribution is 5.82. The molecule has 26 heavy (non-hydrogen) atoms. The maximum Gasteiger partial charge on any atom is 0.239 e. The van der Waals surface area contributed by atoms with Crippen molar-refractivity contribution in [1.82, 2.24) is 15.1 Å². The Hall–Kier alpha value is -1.92. The van der Waals surface area contributed by atoms with Gasteiger partial charge in [-0.25, -0.2) is 0 Å². The van der Waals surface area contributed by atoms with Crippen LogP contribution in [0.15, 0.2) is 30.3 Å². The van der Waals surface area contributed by atoms with Crippen LogP contribution >= 0.6 is 0 Å². The van der Waals surface area contributed by atoms with Crippen molar-refractivity contribution in [3.05, 3.63) is 35.9 Å². The number of carbonyl (C=O) groups is 2. The molecule has 0 radical (unpaired) electrons. The largest absolute Gasteiger partial charge is 0.370 e. The fourth-order valence-electron chi connectivity index (χ4n) is 4.90. The lowest BCUT2D eigenvalue weighted by molar-refractivity contribution is -0.132. The van der Waals surface area contributed by atoms with Crippen LogP contribution in [0.2, 0.25) is 0 Å². The number of rotatable bonds is 5. The van der Waals surface area contributed by atoms with Crippen molar-refractivity contribution < 1.29 is 9.59 Å². The van der Waals surface area contributed by atoms with Gasteiger partial charge >= 0.3 is 0 Å². The summed E-state index contributed by atoms with van der Waals surface area (Å²) in [7, 11) is 0. The highest BCUT2D eigenvalue weighted by Gasteiger charge is 2.44. The Morgan fingerprint density at radius 3 is 2.38 bits per heavy atom. The van der Waals surface area contributed by atoms with Crippen molar-refractivity contribution in [3.63, 3.8) is 0 Å². The maximum atomic E-state index is 12.6. The smallest absolute Gasteiger partial charge is 0.239 e. The Kier molecular flexibility index (Phi) is 4.96. The summed E-state index contributed by atoms with van der Waals surface area (Å²) in [5.41, 5.74) is 6.67. The molecule has 4 atom stereocenters. The molecule has 0 aliphatic carbocycles. The van der Waals surface area contributed by atoms with Gasteiger partial charge in [-0.2, -0.15) is 0 Å². The molecule has 0 aromatic heterocycles. The molecule has 3 saturated heterocycles. The summed E-state index contributed by atoms with van der Waals surface area (Å²) >= 11 is 0. The second kappa shape index (κ2) is 7.37. The van der Waals surface area contributed by atoms with Gasteiger partial charge in [-0.3, -0.25) is 14.5 Å². The molecular formula is C20H28N4O2. The van der Waals surface area contributed by atoms with E-state index in [0.29, 0.717) is 18.3 Å². The Bertz CT molecular complexity index is 645. The molecule has 2 unspecified atom stereocenters. The molecule has 140 valence electrons. The number of fused-ring (bicyclic) bond motifs is 1. The van der Waals surface area contributed by atoms with Crippen molar-refractivity contribution in [1.29, 1.82) is 0 Å². The fraction of sp³-hybridized carbons (Fsp3) is 0.600. The van der Waals surface area contributed by atoms with Gasteiger partial charge in [0.05, 0.1) is 6.04 Å². The molecule has 1 aromatic rings. The molecule has 0 saturated carbocycles. The molecule has 0 spiro atoms. The molecule has 3 aliphatic rings. The molecule has 3 aliphatic heterocycles. The quantitative estimate of drug-likeness (QED) is 0.816. The monoisotopic (exact) mass is 356 g/mol. The van der Waals surface area contributed by atoms with Crippen molar-refractivity contribution >= 4 is 11.8 Å². The Labute approximate surface area is 154 Å². The lowest BCUT2D eigenvalue weighted by Crippen LogP contribution is -2.44. The number of nitrogens with one attached hydrogen (secondary N) is 1. The molecule has 4 rings (SSSR count). The van der Waals surface area contributed by atoms with Crippen LogP contribution < -0.4 is 11.1 Å². The number of carbonyl (C=O) groups excluding carboxylic acids is 2. The summed E-state index contributed by atoms with van der Waals surface area (Å²) in [5.74, 6) is 1.01. The molecule has 2 amide bonds. The zero-order valence-corrected chi connectivity index (χ0v) is 15.1. The molecule has 3 fully saturated rings. The van der Waals surface area contributed by atoms with Crippen LogP contribution in [0.4, 0.5) is 0 Å². The minimum atomic E-state index is -0.264. The summed E-state index contributed by atoms with van der Waals surface area (Å²) in [6.45, 7) is 4.50. The highest BCUT2D eigenvalue weighted by Crippen LogP contribution is 2.37. The van der Waals surface area contributed by atoms with Gasteiger partial charge in [-0.05, 0) is 36.8 Å². The molecule has 0 bridgehead atoms. The third-order valence-corrected chi connectivity index (χ3v) is 6.20. The van der Waals surface area contributed by atoms with E-state index in [2.05, 4.69) is 27.2 Å². The van der Waals surface area contributed by atoms with E-state index >= 15 is 0 Å². The van der Waals surface area contributed by atoms with Crippen LogP contribution in [0.25, 0.3) is 0 Å². The van der Waals surface area contributed by atoms with Crippen LogP contribution in [0, 0.1) is 11.8 Å². The van der Waals surface area contributed by atoms with E-state index < -0.39 is 0 Å². The van der Waals surface area contributed by atoms with Crippen LogP contribution in [0.5, 0.6) is 0 Å². The highest BCUT2D eigenvalue weighted by atomic mass is 16.2. The molecular weight excluding hydrogens is 328 g/mol. The molecule has 1 aromatic carbocycles. The third kappa shape index (κ3) is 3.48. The molecule has 6 heteroatoms. The maximum absolute atomic E-state index is 12.6. The lowest BCUT2D eigenvalue weighted by atomic mass is 10.0. The summed E-state index contributed by atoms with van der Waals surface area (Å²) in [6, 6.07) is 10.2. The third-order valence-electron chi connectivity index (χ3n) is 6.20. The van der Waals surface area contributed by atoms with Crippen molar-refractivity contribution in [3.8, 4) is 0 Å². The lowest BCUT2D eigenvalue weighted by Gasteiger charge is -2.29. The first-order chi connectivity index (χ1) is 12.6. The zero-order valence-electron chi connectivity index (χ0n) is 15.1. The van der Waals surface area contributed by atoms with Gasteiger partial charge in [-0.15, -0.1) is 0 Å². The molecule has 3 heterocycles. The first kappa shape index (κ1) is 17.5. The van der Waals surface area contributed by atoms with Gasteiger partial charge in [0.2, 0.25) is 11.8 Å². The summed E-state index contributed by atoms with van der Waals surface area (Å²) in [6.07, 6.45) is 2.40. The minimum absolute atomic E-state index is 0.0249. The number of likely N-dealkylation sites (tertiary alicyclic amines) is 2. The predicted molar refractivity (Wildman–Crippen MR) is 99.2 cm³/mol. The average Bonchev–Trinajstić information content (AvgIpc) is 3.35. The zero-order chi connectivity index (χ0) is 18.1. The second-order valence-corrected chi connectivity index (χ2v) is 7.96. The normalized spacial score (nSPS) is 29.7. The Morgan fingerprint density at radius 1 is 1.12 bits per heavy atom. The van der Waals surface area contributed by atoms with Gasteiger partial charge in [0, 0.05) is 38.6 Å². The first-order valence-corrected chi connectivity index (χ1v) is 9.71. The second-order valence-electron chi connectivity index (χ2n) is 7.96. The molecule has 6 nitrogen and oxygen atoms in total. The Morgan fingerprint density at radius 2 is 1.81 bits per heavy atom. The summed E-state index contributed by atoms with van der Waals surface area (Å²) < 4.78 is 0. The van der Waals surface area contributed by atoms with Gasteiger partial charge in [0.1, 0.15) is 0 Å². The fourth-order valence-corrected chi connectivity index (χ4v) is 4.90. The van der Waals surface area contributed by atoms with Crippen LogP contribution in [0.1, 0.15) is 30.9 Å². The van der Waals surface area contributed by atoms with Crippen LogP contribution in [-0.4, -0.2) is 60.4 Å². The number of amides is 2. The van der Waals surface area contributed by atoms with E-state index in [1.165, 1.54) is 0 Å². The standard InChI is InChI=1S/C20H28N4O2/c21-19(25)9-18(14-5-2-1-3-6-14)23-10-15-12-24(13-16(15)11-23)20(26)17-7-4-8-22-17/h1-3,5-6,15-18,22H,4,7-13H2,(H2,21,25)/t15?,16?,17-,18-/m0/s1. The average molecular weight is 356 g/mol. The van der Waals surface area contributed by atoms with Crippen molar-refractivity contribution in [2.45, 2.75) is 31.3 Å². The van der Waals surface area contributed by atoms with E-state index in [9.17, 15) is 9.59 Å². The summed E-state index contributed by atoms with van der Waals surface area (Å²) in [4.78, 5) is 28.7. The number of primary amides is 1. The van der Waals surface area contributed by atoms with Crippen LogP contribution in [0.3, 0.4) is 0 Å². The first-order valence-electron chi connectivity index (χ1n) is 9.71. The van der Waals surface area contributed by atoms with Gasteiger partial charge in [-0.1, -0.05) is 30.3 Å². The number of nitrogens with zero attached hydrogens (tertiary/aromatic N) is 2. The number of hydrogen-bond acceptors (Lipinski definition) is 4. The van der Waals surface area contributed by atoms with E-state index in [0.717, 1.165) is 51.1 Å². The van der Waals surface area contributed by atoms with E-state index in [1.807, 2.05) is 18.2 Å². The van der Waals surface area contributed by atoms with Crippen molar-refractivity contribution in [2.24, 2.45) is 17.6 Å². The Balaban J connectivity index is 1.41. The minimum Gasteiger partial charge on any atom is -0.370 e. The topological polar surface area (TPSA) is 78.7 Å². The summed E-state index contributed by atoms with van der Waals surface area (Å²) in [5, 5.41) is 3.32. The number of benzene rings is 1. The number of nitrogens with two attached hydrogens (primary N) is 1. The number of hydrogen-bond donors (Lipinski definition) is 2. The van der Waals surface area contributed by atoms with Gasteiger partial charge in [0.15, 0.2) is 0 Å². The molecule has 3 N–H and O–H groups in total. The predicted octanol–water partition coefficient (Wildman–Crippen LogP) is 0.745. The van der Waals surface area contributed by atoms with E-state index in [1.54, 1.807) is 0 Å². The SMILES string of the molecule is NC(=O)C[C@@H](c1ccccc1)N1CC2CN(C(=O)[C@@H]3CCCN3)CC2C1. The van der Waals surface area contributed by atoms with Gasteiger partial charge in [0.25, 0.3) is 0 Å². The van der Waals surface area contributed by atoms with Crippen LogP contribution in [-0.2, 0) is 9.59 Å². The van der Waals surface area contributed by atoms with Crippen molar-refractivity contribution in [2.75, 3.05) is 32.7 Å². The van der Waals surface area contributed by atoms with Gasteiger partial charge < -0.3 is 16.0 Å².